The molecule has 6 nitrogen and oxygen atoms in total. The van der Waals surface area contributed by atoms with Crippen molar-refractivity contribution in [2.45, 2.75) is 6.92 Å². The number of rotatable bonds is 6. The summed E-state index contributed by atoms with van der Waals surface area (Å²) < 4.78 is 0. The Morgan fingerprint density at radius 3 is 1.43 bits per heavy atom. The minimum atomic E-state index is 0.0694. The highest BCUT2D eigenvalue weighted by molar-refractivity contribution is 5.51. The van der Waals surface area contributed by atoms with Crippen molar-refractivity contribution in [1.29, 1.82) is 0 Å². The van der Waals surface area contributed by atoms with E-state index in [0.717, 1.165) is 0 Å². The van der Waals surface area contributed by atoms with Gasteiger partial charge >= 0.3 is 0 Å². The maximum absolute atomic E-state index is 8.48. The van der Waals surface area contributed by atoms with Gasteiger partial charge in [0.1, 0.15) is 0 Å². The molecule has 0 saturated carbocycles. The predicted molar refractivity (Wildman–Crippen MR) is 53.6 cm³/mol. The van der Waals surface area contributed by atoms with Crippen LogP contribution in [-0.2, 0) is 0 Å². The average Bonchev–Trinajstić information content (AvgIpc) is 2.20. The van der Waals surface area contributed by atoms with E-state index in [1.54, 1.807) is 11.8 Å². The molecule has 0 fully saturated rings. The van der Waals surface area contributed by atoms with Crippen molar-refractivity contribution in [2.24, 2.45) is 5.16 Å². The lowest BCUT2D eigenvalue weighted by atomic mass is 10.4. The highest BCUT2D eigenvalue weighted by Gasteiger charge is 2.00. The Morgan fingerprint density at radius 1 is 1.00 bits per heavy atom. The second kappa shape index (κ2) is 14.8. The van der Waals surface area contributed by atoms with Gasteiger partial charge in [0.15, 0.2) is 0 Å². The molecule has 0 aromatic rings. The molecule has 0 aromatic heterocycles. The van der Waals surface area contributed by atoms with Gasteiger partial charge in [-0.1, -0.05) is 0 Å². The largest absolute Gasteiger partial charge is 0.411 e. The molecule has 86 valence electrons. The van der Waals surface area contributed by atoms with E-state index in [0.29, 0.717) is 19.6 Å². The van der Waals surface area contributed by atoms with Gasteiger partial charge in [0.05, 0.1) is 19.8 Å². The maximum Gasteiger partial charge on any atom is 0.0558 e. The second-order valence-corrected chi connectivity index (χ2v) is 2.39. The standard InChI is InChI=1S/C6H15NO3.C2H5NO/c8-4-1-7(2-5-9)3-6-10;1-2-3-4/h8-10H,1-6H2;2,4H,1H3. The Labute approximate surface area is 84.1 Å². The minimum absolute atomic E-state index is 0.0694. The minimum Gasteiger partial charge on any atom is -0.411 e. The Bertz CT molecular complexity index is 104. The monoisotopic (exact) mass is 208 g/mol. The van der Waals surface area contributed by atoms with Crippen molar-refractivity contribution in [1.82, 2.24) is 4.90 Å². The first-order valence-corrected chi connectivity index (χ1v) is 4.43. The van der Waals surface area contributed by atoms with Crippen molar-refractivity contribution in [3.8, 4) is 0 Å². The topological polar surface area (TPSA) is 96.5 Å². The van der Waals surface area contributed by atoms with E-state index in [4.69, 9.17) is 20.5 Å². The van der Waals surface area contributed by atoms with Crippen LogP contribution in [0.25, 0.3) is 0 Å². The second-order valence-electron chi connectivity index (χ2n) is 2.39. The van der Waals surface area contributed by atoms with Gasteiger partial charge in [-0.2, -0.15) is 0 Å². The van der Waals surface area contributed by atoms with E-state index in [9.17, 15) is 0 Å². The summed E-state index contributed by atoms with van der Waals surface area (Å²) in [6.07, 6.45) is 1.31. The molecular weight excluding hydrogens is 188 g/mol. The SMILES string of the molecule is CC=NO.OCCN(CCO)CCO. The number of aliphatic hydroxyl groups excluding tert-OH is 3. The number of oxime groups is 1. The zero-order valence-electron chi connectivity index (χ0n) is 8.50. The molecule has 0 saturated heterocycles. The summed E-state index contributed by atoms with van der Waals surface area (Å²) in [4.78, 5) is 1.79. The van der Waals surface area contributed by atoms with E-state index in [2.05, 4.69) is 5.16 Å². The van der Waals surface area contributed by atoms with Crippen LogP contribution in [0.2, 0.25) is 0 Å². The third-order valence-corrected chi connectivity index (χ3v) is 1.36. The Balaban J connectivity index is 0. The van der Waals surface area contributed by atoms with Gasteiger partial charge in [-0.05, 0) is 6.92 Å². The van der Waals surface area contributed by atoms with Crippen LogP contribution < -0.4 is 0 Å². The van der Waals surface area contributed by atoms with Gasteiger partial charge in [-0.15, -0.1) is 5.16 Å². The fraction of sp³-hybridized carbons (Fsp3) is 0.875. The molecule has 0 unspecified atom stereocenters. The first-order valence-electron chi connectivity index (χ1n) is 4.43. The lowest BCUT2D eigenvalue weighted by molar-refractivity contribution is 0.136. The third kappa shape index (κ3) is 13.9. The Hall–Kier alpha value is -0.690. The molecule has 4 N–H and O–H groups in total. The van der Waals surface area contributed by atoms with Crippen LogP contribution in [0, 0.1) is 0 Å². The number of hydrogen-bond acceptors (Lipinski definition) is 6. The van der Waals surface area contributed by atoms with Gasteiger partial charge < -0.3 is 20.5 Å². The van der Waals surface area contributed by atoms with E-state index in [-0.39, 0.29) is 19.8 Å². The normalized spacial score (nSPS) is 10.4. The van der Waals surface area contributed by atoms with E-state index < -0.39 is 0 Å². The predicted octanol–water partition coefficient (Wildman–Crippen LogP) is -1.27. The number of nitrogens with zero attached hydrogens (tertiary/aromatic N) is 2. The van der Waals surface area contributed by atoms with Gasteiger partial charge in [0, 0.05) is 25.8 Å². The first-order chi connectivity index (χ1) is 6.76. The lowest BCUT2D eigenvalue weighted by Crippen LogP contribution is -2.32. The average molecular weight is 208 g/mol. The molecule has 0 aromatic carbocycles. The molecule has 0 aliphatic heterocycles. The number of aliphatic hydroxyl groups is 3. The van der Waals surface area contributed by atoms with Gasteiger partial charge in [0.25, 0.3) is 0 Å². The smallest absolute Gasteiger partial charge is 0.0558 e. The van der Waals surface area contributed by atoms with Crippen molar-refractivity contribution in [2.75, 3.05) is 39.5 Å². The van der Waals surface area contributed by atoms with Gasteiger partial charge in [-0.25, -0.2) is 0 Å². The van der Waals surface area contributed by atoms with E-state index in [1.807, 2.05) is 0 Å². The zero-order valence-corrected chi connectivity index (χ0v) is 8.50. The molecule has 0 rings (SSSR count). The fourth-order valence-electron chi connectivity index (χ4n) is 0.760. The van der Waals surface area contributed by atoms with Crippen LogP contribution in [0.1, 0.15) is 6.92 Å². The van der Waals surface area contributed by atoms with Crippen LogP contribution in [-0.4, -0.2) is 71.1 Å². The molecule has 6 heteroatoms. The summed E-state index contributed by atoms with van der Waals surface area (Å²) in [6.45, 7) is 3.39. The third-order valence-electron chi connectivity index (χ3n) is 1.36. The molecule has 0 aliphatic rings. The zero-order chi connectivity index (χ0) is 11.2. The van der Waals surface area contributed by atoms with E-state index >= 15 is 0 Å². The highest BCUT2D eigenvalue weighted by Crippen LogP contribution is 1.84. The van der Waals surface area contributed by atoms with Gasteiger partial charge in [0.2, 0.25) is 0 Å². The summed E-state index contributed by atoms with van der Waals surface area (Å²) in [7, 11) is 0. The molecular formula is C8H20N2O4. The molecule has 0 aliphatic carbocycles. The fourth-order valence-corrected chi connectivity index (χ4v) is 0.760. The summed E-state index contributed by atoms with van der Waals surface area (Å²) in [5.41, 5.74) is 0. The first kappa shape index (κ1) is 15.8. The van der Waals surface area contributed by atoms with E-state index in [1.165, 1.54) is 6.21 Å². The lowest BCUT2D eigenvalue weighted by Gasteiger charge is -2.17. The molecule has 0 radical (unpaired) electrons. The van der Waals surface area contributed by atoms with Gasteiger partial charge in [-0.3, -0.25) is 4.90 Å². The van der Waals surface area contributed by atoms with Crippen LogP contribution in [0.4, 0.5) is 0 Å². The quantitative estimate of drug-likeness (QED) is 0.248. The summed E-state index contributed by atoms with van der Waals surface area (Å²) in [6, 6.07) is 0. The van der Waals surface area contributed by atoms with Crippen molar-refractivity contribution in [3.05, 3.63) is 0 Å². The molecule has 0 bridgehead atoms. The Kier molecular flexibility index (Phi) is 16.7. The van der Waals surface area contributed by atoms with Crippen molar-refractivity contribution < 1.29 is 20.5 Å². The van der Waals surface area contributed by atoms with Crippen molar-refractivity contribution >= 4 is 6.21 Å². The van der Waals surface area contributed by atoms with Crippen LogP contribution in [0.3, 0.4) is 0 Å². The highest BCUT2D eigenvalue weighted by atomic mass is 16.4. The molecule has 0 spiro atoms. The van der Waals surface area contributed by atoms with Crippen molar-refractivity contribution in [3.63, 3.8) is 0 Å². The molecule has 0 heterocycles. The summed E-state index contributed by atoms with van der Waals surface area (Å²) in [5.74, 6) is 0. The Morgan fingerprint density at radius 2 is 1.29 bits per heavy atom. The molecule has 14 heavy (non-hydrogen) atoms. The van der Waals surface area contributed by atoms with Crippen LogP contribution >= 0.6 is 0 Å². The van der Waals surface area contributed by atoms with Crippen LogP contribution in [0.5, 0.6) is 0 Å². The summed E-state index contributed by atoms with van der Waals surface area (Å²) in [5, 5.41) is 35.5. The maximum atomic E-state index is 8.48. The van der Waals surface area contributed by atoms with Crippen LogP contribution in [0.15, 0.2) is 5.16 Å². The molecule has 0 amide bonds. The molecule has 0 atom stereocenters. The number of hydrogen-bond donors (Lipinski definition) is 4. The summed E-state index contributed by atoms with van der Waals surface area (Å²) >= 11 is 0.